The molecule has 1 aromatic heterocycles. The van der Waals surface area contributed by atoms with Crippen LogP contribution in [-0.4, -0.2) is 26.5 Å². The Labute approximate surface area is 116 Å². The minimum Gasteiger partial charge on any atom is -0.478 e. The number of aromatic nitrogens is 2. The molecule has 1 heterocycles. The summed E-state index contributed by atoms with van der Waals surface area (Å²) in [6.07, 6.45) is -4.85. The second kappa shape index (κ2) is 4.76. The van der Waals surface area contributed by atoms with Gasteiger partial charge in [-0.15, -0.1) is 0 Å². The maximum Gasteiger partial charge on any atom is 0.449 e. The smallest absolute Gasteiger partial charge is 0.449 e. The number of para-hydroxylation sites is 1. The fourth-order valence-electron chi connectivity index (χ4n) is 2.01. The highest BCUT2D eigenvalue weighted by atomic mass is 19.4. The SMILES string of the molecule is CC(C(N)=O)n1c(C(F)(F)F)nc2c(C(=O)O)cccc21. The fourth-order valence-corrected chi connectivity index (χ4v) is 2.01. The number of nitrogens with zero attached hydrogens (tertiary/aromatic N) is 2. The van der Waals surface area contributed by atoms with Crippen LogP contribution >= 0.6 is 0 Å². The van der Waals surface area contributed by atoms with Gasteiger partial charge in [0.2, 0.25) is 11.7 Å². The summed E-state index contributed by atoms with van der Waals surface area (Å²) in [5.74, 6) is -3.76. The standard InChI is InChI=1S/C12H10F3N3O3/c1-5(9(16)19)18-7-4-2-3-6(10(20)21)8(7)17-11(18)12(13,14)15/h2-5H,1H3,(H2,16,19)(H,20,21). The number of hydrogen-bond donors (Lipinski definition) is 2. The van der Waals surface area contributed by atoms with Crippen molar-refractivity contribution in [1.82, 2.24) is 9.55 Å². The van der Waals surface area contributed by atoms with Gasteiger partial charge in [0.05, 0.1) is 11.1 Å². The molecule has 2 aromatic rings. The van der Waals surface area contributed by atoms with E-state index in [0.717, 1.165) is 6.07 Å². The van der Waals surface area contributed by atoms with E-state index in [1.165, 1.54) is 19.1 Å². The number of rotatable bonds is 3. The Morgan fingerprint density at radius 3 is 2.48 bits per heavy atom. The Bertz CT molecular complexity index is 736. The van der Waals surface area contributed by atoms with Crippen LogP contribution in [0.1, 0.15) is 29.1 Å². The molecule has 6 nitrogen and oxygen atoms in total. The monoisotopic (exact) mass is 301 g/mol. The van der Waals surface area contributed by atoms with E-state index in [1.54, 1.807) is 0 Å². The van der Waals surface area contributed by atoms with Crippen molar-refractivity contribution in [3.05, 3.63) is 29.6 Å². The molecule has 1 amide bonds. The van der Waals surface area contributed by atoms with E-state index in [4.69, 9.17) is 10.8 Å². The molecule has 1 aromatic carbocycles. The van der Waals surface area contributed by atoms with Gasteiger partial charge < -0.3 is 15.4 Å². The lowest BCUT2D eigenvalue weighted by atomic mass is 10.2. The number of imidazole rings is 1. The van der Waals surface area contributed by atoms with Gasteiger partial charge in [-0.05, 0) is 19.1 Å². The average molecular weight is 301 g/mol. The zero-order valence-corrected chi connectivity index (χ0v) is 10.7. The van der Waals surface area contributed by atoms with Crippen molar-refractivity contribution in [1.29, 1.82) is 0 Å². The predicted octanol–water partition coefficient (Wildman–Crippen LogP) is 1.80. The summed E-state index contributed by atoms with van der Waals surface area (Å²) in [6, 6.07) is 2.34. The molecular weight excluding hydrogens is 291 g/mol. The first-order valence-electron chi connectivity index (χ1n) is 5.75. The maximum atomic E-state index is 13.1. The molecule has 2 rings (SSSR count). The lowest BCUT2D eigenvalue weighted by molar-refractivity contribution is -0.148. The molecule has 9 heteroatoms. The summed E-state index contributed by atoms with van der Waals surface area (Å²) in [4.78, 5) is 25.7. The lowest BCUT2D eigenvalue weighted by Crippen LogP contribution is -2.27. The molecule has 112 valence electrons. The Balaban J connectivity index is 2.89. The number of carbonyl (C=O) groups excluding carboxylic acids is 1. The third-order valence-electron chi connectivity index (χ3n) is 3.00. The largest absolute Gasteiger partial charge is 0.478 e. The van der Waals surface area contributed by atoms with Crippen molar-refractivity contribution in [2.24, 2.45) is 5.73 Å². The first kappa shape index (κ1) is 14.8. The second-order valence-corrected chi connectivity index (χ2v) is 4.36. The van der Waals surface area contributed by atoms with Crippen LogP contribution in [0.15, 0.2) is 18.2 Å². The number of primary amides is 1. The number of hydrogen-bond acceptors (Lipinski definition) is 3. The quantitative estimate of drug-likeness (QED) is 0.903. The number of aromatic carboxylic acids is 1. The number of carboxylic acid groups (broad SMARTS) is 1. The van der Waals surface area contributed by atoms with Gasteiger partial charge in [-0.25, -0.2) is 9.78 Å². The van der Waals surface area contributed by atoms with Gasteiger partial charge in [-0.3, -0.25) is 4.79 Å². The molecule has 0 aliphatic rings. The van der Waals surface area contributed by atoms with Crippen LogP contribution in [-0.2, 0) is 11.0 Å². The number of fused-ring (bicyclic) bond motifs is 1. The van der Waals surface area contributed by atoms with E-state index < -0.39 is 29.9 Å². The van der Waals surface area contributed by atoms with Gasteiger partial charge in [-0.2, -0.15) is 13.2 Å². The van der Waals surface area contributed by atoms with Crippen molar-refractivity contribution in [2.75, 3.05) is 0 Å². The molecule has 0 aliphatic carbocycles. The Kier molecular flexibility index (Phi) is 3.36. The number of alkyl halides is 3. The molecule has 1 atom stereocenters. The van der Waals surface area contributed by atoms with Crippen LogP contribution in [0.3, 0.4) is 0 Å². The summed E-state index contributed by atoms with van der Waals surface area (Å²) >= 11 is 0. The lowest BCUT2D eigenvalue weighted by Gasteiger charge is -2.15. The van der Waals surface area contributed by atoms with E-state index in [0.29, 0.717) is 4.57 Å². The third kappa shape index (κ3) is 2.41. The molecule has 0 saturated heterocycles. The van der Waals surface area contributed by atoms with Gasteiger partial charge in [0.25, 0.3) is 0 Å². The molecular formula is C12H10F3N3O3. The van der Waals surface area contributed by atoms with Crippen LogP contribution < -0.4 is 5.73 Å². The molecule has 0 spiro atoms. The van der Waals surface area contributed by atoms with Gasteiger partial charge in [0.1, 0.15) is 11.6 Å². The van der Waals surface area contributed by atoms with Crippen molar-refractivity contribution >= 4 is 22.9 Å². The van der Waals surface area contributed by atoms with Gasteiger partial charge in [0, 0.05) is 0 Å². The molecule has 1 unspecified atom stereocenters. The van der Waals surface area contributed by atoms with Crippen molar-refractivity contribution in [2.45, 2.75) is 19.1 Å². The van der Waals surface area contributed by atoms with Crippen LogP contribution in [0, 0.1) is 0 Å². The first-order valence-corrected chi connectivity index (χ1v) is 5.75. The summed E-state index contributed by atoms with van der Waals surface area (Å²) in [7, 11) is 0. The third-order valence-corrected chi connectivity index (χ3v) is 3.00. The van der Waals surface area contributed by atoms with Crippen LogP contribution in [0.2, 0.25) is 0 Å². The van der Waals surface area contributed by atoms with E-state index in [-0.39, 0.29) is 16.6 Å². The fraction of sp³-hybridized carbons (Fsp3) is 0.250. The molecule has 3 N–H and O–H groups in total. The topological polar surface area (TPSA) is 98.2 Å². The maximum absolute atomic E-state index is 13.1. The van der Waals surface area contributed by atoms with Gasteiger partial charge >= 0.3 is 12.1 Å². The second-order valence-electron chi connectivity index (χ2n) is 4.36. The summed E-state index contributed by atoms with van der Waals surface area (Å²) in [5, 5.41) is 9.01. The minimum atomic E-state index is -4.85. The highest BCUT2D eigenvalue weighted by Crippen LogP contribution is 2.34. The minimum absolute atomic E-state index is 0.117. The van der Waals surface area contributed by atoms with E-state index >= 15 is 0 Å². The number of benzene rings is 1. The molecule has 0 saturated carbocycles. The normalized spacial score (nSPS) is 13.3. The van der Waals surface area contributed by atoms with Crippen LogP contribution in [0.4, 0.5) is 13.2 Å². The molecule has 0 fully saturated rings. The zero-order valence-electron chi connectivity index (χ0n) is 10.7. The molecule has 0 bridgehead atoms. The Morgan fingerprint density at radius 1 is 1.38 bits per heavy atom. The van der Waals surface area contributed by atoms with E-state index in [9.17, 15) is 22.8 Å². The Morgan fingerprint density at radius 2 is 2.00 bits per heavy atom. The van der Waals surface area contributed by atoms with Crippen molar-refractivity contribution < 1.29 is 27.9 Å². The van der Waals surface area contributed by atoms with Crippen LogP contribution in [0.5, 0.6) is 0 Å². The number of amides is 1. The number of carbonyl (C=O) groups is 2. The van der Waals surface area contributed by atoms with Gasteiger partial charge in [-0.1, -0.05) is 6.07 Å². The van der Waals surface area contributed by atoms with Gasteiger partial charge in [0.15, 0.2) is 0 Å². The van der Waals surface area contributed by atoms with Crippen LogP contribution in [0.25, 0.3) is 11.0 Å². The zero-order chi connectivity index (χ0) is 15.9. The Hall–Kier alpha value is -2.58. The molecule has 0 radical (unpaired) electrons. The molecule has 0 aliphatic heterocycles. The average Bonchev–Trinajstić information content (AvgIpc) is 2.76. The number of halogens is 3. The van der Waals surface area contributed by atoms with Crippen molar-refractivity contribution in [3.63, 3.8) is 0 Å². The first-order chi connectivity index (χ1) is 9.64. The number of carboxylic acids is 1. The summed E-state index contributed by atoms with van der Waals surface area (Å²) < 4.78 is 39.8. The summed E-state index contributed by atoms with van der Waals surface area (Å²) in [5.41, 5.74) is 4.22. The highest BCUT2D eigenvalue weighted by Gasteiger charge is 2.40. The number of nitrogens with two attached hydrogens (primary N) is 1. The predicted molar refractivity (Wildman–Crippen MR) is 65.6 cm³/mol. The van der Waals surface area contributed by atoms with Crippen molar-refractivity contribution in [3.8, 4) is 0 Å². The van der Waals surface area contributed by atoms with E-state index in [1.807, 2.05) is 0 Å². The van der Waals surface area contributed by atoms with E-state index in [2.05, 4.69) is 4.98 Å². The molecule has 21 heavy (non-hydrogen) atoms. The summed E-state index contributed by atoms with van der Waals surface area (Å²) in [6.45, 7) is 1.19. The highest BCUT2D eigenvalue weighted by molar-refractivity contribution is 6.01.